The molecule has 0 bridgehead atoms. The van der Waals surface area contributed by atoms with Crippen molar-refractivity contribution in [1.29, 1.82) is 0 Å². The van der Waals surface area contributed by atoms with Crippen LogP contribution in [0.5, 0.6) is 0 Å². The summed E-state index contributed by atoms with van der Waals surface area (Å²) < 4.78 is 14.8. The molecule has 0 fully saturated rings. The largest absolute Gasteiger partial charge is 0.392 e. The van der Waals surface area contributed by atoms with Crippen LogP contribution in [0.1, 0.15) is 25.5 Å². The van der Waals surface area contributed by atoms with E-state index in [2.05, 4.69) is 15.6 Å². The Morgan fingerprint density at radius 1 is 1.19 bits per heavy atom. The highest BCUT2D eigenvalue weighted by Crippen LogP contribution is 2.20. The summed E-state index contributed by atoms with van der Waals surface area (Å²) in [6.45, 7) is 3.94. The maximum atomic E-state index is 13.1. The van der Waals surface area contributed by atoms with E-state index < -0.39 is 6.10 Å². The van der Waals surface area contributed by atoms with Gasteiger partial charge in [-0.05, 0) is 43.7 Å². The number of rotatable bonds is 7. The first-order valence-corrected chi connectivity index (χ1v) is 8.86. The molecule has 6 nitrogen and oxygen atoms in total. The second-order valence-corrected chi connectivity index (χ2v) is 6.58. The molecule has 3 rings (SSSR count). The summed E-state index contributed by atoms with van der Waals surface area (Å²) in [7, 11) is 0. The molecule has 1 aromatic heterocycles. The highest BCUT2D eigenvalue weighted by atomic mass is 19.1. The number of nitrogens with zero attached hydrogens (tertiary/aromatic N) is 2. The molecule has 0 radical (unpaired) electrons. The maximum absolute atomic E-state index is 13.1. The Labute approximate surface area is 157 Å². The molecular weight excluding hydrogens is 347 g/mol. The first kappa shape index (κ1) is 18.8. The molecule has 0 aliphatic carbocycles. The van der Waals surface area contributed by atoms with Crippen LogP contribution < -0.4 is 10.6 Å². The van der Waals surface area contributed by atoms with Crippen molar-refractivity contribution in [2.24, 2.45) is 0 Å². The Morgan fingerprint density at radius 2 is 1.89 bits per heavy atom. The second kappa shape index (κ2) is 8.18. The van der Waals surface area contributed by atoms with Crippen LogP contribution in [-0.2, 0) is 11.3 Å². The number of hydrogen-bond donors (Lipinski definition) is 3. The van der Waals surface area contributed by atoms with Crippen molar-refractivity contribution in [2.45, 2.75) is 32.5 Å². The zero-order valence-corrected chi connectivity index (χ0v) is 15.3. The normalized spacial score (nSPS) is 13.3. The third-order valence-corrected chi connectivity index (χ3v) is 4.26. The van der Waals surface area contributed by atoms with Crippen LogP contribution in [-0.4, -0.2) is 33.2 Å². The summed E-state index contributed by atoms with van der Waals surface area (Å²) in [5, 5.41) is 15.5. The monoisotopic (exact) mass is 370 g/mol. The molecule has 2 atom stereocenters. The highest BCUT2D eigenvalue weighted by Gasteiger charge is 2.16. The summed E-state index contributed by atoms with van der Waals surface area (Å²) in [4.78, 5) is 17.1. The Bertz CT molecular complexity index is 921. The molecule has 1 amide bonds. The summed E-state index contributed by atoms with van der Waals surface area (Å²) in [6.07, 6.45) is -0.536. The molecule has 2 unspecified atom stereocenters. The third-order valence-electron chi connectivity index (χ3n) is 4.26. The average Bonchev–Trinajstić information content (AvgIpc) is 2.98. The lowest BCUT2D eigenvalue weighted by molar-refractivity contribution is -0.122. The zero-order valence-electron chi connectivity index (χ0n) is 15.3. The lowest BCUT2D eigenvalue weighted by Gasteiger charge is -2.16. The van der Waals surface area contributed by atoms with E-state index in [4.69, 9.17) is 0 Å². The van der Waals surface area contributed by atoms with Gasteiger partial charge in [0.15, 0.2) is 0 Å². The van der Waals surface area contributed by atoms with Crippen LogP contribution in [0, 0.1) is 5.82 Å². The van der Waals surface area contributed by atoms with E-state index in [0.717, 1.165) is 16.6 Å². The molecule has 2 aromatic carbocycles. The number of aromatic nitrogens is 2. The van der Waals surface area contributed by atoms with E-state index in [1.54, 1.807) is 23.6 Å². The number of hydrogen-bond acceptors (Lipinski definition) is 4. The van der Waals surface area contributed by atoms with Gasteiger partial charge in [0.05, 0.1) is 23.2 Å². The Balaban J connectivity index is 1.77. The van der Waals surface area contributed by atoms with Crippen molar-refractivity contribution in [2.75, 3.05) is 11.9 Å². The number of benzene rings is 2. The molecule has 0 aliphatic heterocycles. The minimum atomic E-state index is -0.536. The van der Waals surface area contributed by atoms with Crippen molar-refractivity contribution in [3.05, 3.63) is 59.9 Å². The second-order valence-electron chi connectivity index (χ2n) is 6.58. The number of nitrogens with one attached hydrogen (secondary N) is 2. The highest BCUT2D eigenvalue weighted by molar-refractivity contribution is 5.83. The molecule has 0 saturated carbocycles. The van der Waals surface area contributed by atoms with Gasteiger partial charge in [-0.2, -0.15) is 0 Å². The number of imidazole rings is 1. The van der Waals surface area contributed by atoms with Gasteiger partial charge in [0, 0.05) is 6.54 Å². The summed E-state index contributed by atoms with van der Waals surface area (Å²) in [5.41, 5.74) is 2.42. The average molecular weight is 370 g/mol. The lowest BCUT2D eigenvalue weighted by Crippen LogP contribution is -2.30. The summed E-state index contributed by atoms with van der Waals surface area (Å²) in [6, 6.07) is 13.4. The molecular formula is C20H23FN4O2. The molecule has 7 heteroatoms. The van der Waals surface area contributed by atoms with E-state index in [0.29, 0.717) is 12.5 Å². The number of carbonyl (C=O) groups is 1. The lowest BCUT2D eigenvalue weighted by atomic mass is 10.1. The number of para-hydroxylation sites is 2. The van der Waals surface area contributed by atoms with E-state index in [9.17, 15) is 14.3 Å². The molecule has 3 aromatic rings. The van der Waals surface area contributed by atoms with Gasteiger partial charge in [0.2, 0.25) is 11.9 Å². The molecule has 0 aliphatic rings. The van der Waals surface area contributed by atoms with Crippen LogP contribution in [0.4, 0.5) is 10.3 Å². The van der Waals surface area contributed by atoms with Gasteiger partial charge in [-0.25, -0.2) is 9.37 Å². The van der Waals surface area contributed by atoms with E-state index >= 15 is 0 Å². The van der Waals surface area contributed by atoms with Gasteiger partial charge in [-0.1, -0.05) is 24.3 Å². The van der Waals surface area contributed by atoms with Gasteiger partial charge in [-0.3, -0.25) is 4.79 Å². The Kier molecular flexibility index (Phi) is 5.71. The SMILES string of the molecule is CC(O)CNc1nc2ccccc2n1CC(=O)NC(C)c1ccc(F)cc1. The van der Waals surface area contributed by atoms with E-state index in [1.165, 1.54) is 12.1 Å². The fourth-order valence-electron chi connectivity index (χ4n) is 2.88. The number of halogens is 1. The Morgan fingerprint density at radius 3 is 2.59 bits per heavy atom. The number of anilines is 1. The molecule has 27 heavy (non-hydrogen) atoms. The van der Waals surface area contributed by atoms with Crippen molar-refractivity contribution in [3.8, 4) is 0 Å². The molecule has 0 saturated heterocycles. The van der Waals surface area contributed by atoms with Crippen LogP contribution in [0.3, 0.4) is 0 Å². The first-order valence-electron chi connectivity index (χ1n) is 8.86. The summed E-state index contributed by atoms with van der Waals surface area (Å²) in [5.74, 6) is 0.0350. The molecule has 142 valence electrons. The number of amides is 1. The predicted octanol–water partition coefficient (Wildman–Crippen LogP) is 2.85. The van der Waals surface area contributed by atoms with Gasteiger partial charge in [-0.15, -0.1) is 0 Å². The molecule has 3 N–H and O–H groups in total. The van der Waals surface area contributed by atoms with E-state index in [-0.39, 0.29) is 24.3 Å². The van der Waals surface area contributed by atoms with Crippen LogP contribution in [0.15, 0.2) is 48.5 Å². The topological polar surface area (TPSA) is 79.2 Å². The van der Waals surface area contributed by atoms with Gasteiger partial charge < -0.3 is 20.3 Å². The van der Waals surface area contributed by atoms with Crippen molar-refractivity contribution in [3.63, 3.8) is 0 Å². The first-order chi connectivity index (χ1) is 12.9. The maximum Gasteiger partial charge on any atom is 0.240 e. The summed E-state index contributed by atoms with van der Waals surface area (Å²) >= 11 is 0. The molecule has 1 heterocycles. The fourth-order valence-corrected chi connectivity index (χ4v) is 2.88. The quantitative estimate of drug-likeness (QED) is 0.598. The minimum absolute atomic E-state index is 0.0776. The standard InChI is InChI=1S/C20H23FN4O2/c1-13(26)11-22-20-24-17-5-3-4-6-18(17)25(20)12-19(27)23-14(2)15-7-9-16(21)10-8-15/h3-10,13-14,26H,11-12H2,1-2H3,(H,22,24)(H,23,27). The number of carbonyl (C=O) groups excluding carboxylic acids is 1. The third kappa shape index (κ3) is 4.62. The van der Waals surface area contributed by atoms with E-state index in [1.807, 2.05) is 31.2 Å². The number of fused-ring (bicyclic) bond motifs is 1. The van der Waals surface area contributed by atoms with Crippen molar-refractivity contribution < 1.29 is 14.3 Å². The van der Waals surface area contributed by atoms with Crippen LogP contribution in [0.25, 0.3) is 11.0 Å². The molecule has 0 spiro atoms. The fraction of sp³-hybridized carbons (Fsp3) is 0.300. The van der Waals surface area contributed by atoms with Gasteiger partial charge in [0.1, 0.15) is 12.4 Å². The zero-order chi connectivity index (χ0) is 19.4. The predicted molar refractivity (Wildman–Crippen MR) is 103 cm³/mol. The van der Waals surface area contributed by atoms with Gasteiger partial charge in [0.25, 0.3) is 0 Å². The van der Waals surface area contributed by atoms with Crippen molar-refractivity contribution in [1.82, 2.24) is 14.9 Å². The minimum Gasteiger partial charge on any atom is -0.392 e. The number of aliphatic hydroxyl groups is 1. The smallest absolute Gasteiger partial charge is 0.240 e. The van der Waals surface area contributed by atoms with Crippen LogP contribution >= 0.6 is 0 Å². The van der Waals surface area contributed by atoms with Crippen molar-refractivity contribution >= 4 is 22.9 Å². The Hall–Kier alpha value is -2.93. The van der Waals surface area contributed by atoms with Crippen LogP contribution in [0.2, 0.25) is 0 Å². The number of aliphatic hydroxyl groups excluding tert-OH is 1. The van der Waals surface area contributed by atoms with Gasteiger partial charge >= 0.3 is 0 Å².